The summed E-state index contributed by atoms with van der Waals surface area (Å²) in [5.41, 5.74) is 2.59. The minimum absolute atomic E-state index is 0.612. The Labute approximate surface area is 108 Å². The highest BCUT2D eigenvalue weighted by atomic mass is 15.3. The quantitative estimate of drug-likeness (QED) is 0.605. The Balaban J connectivity index is 2.07. The van der Waals surface area contributed by atoms with Gasteiger partial charge in [-0.3, -0.25) is 4.90 Å². The van der Waals surface area contributed by atoms with Gasteiger partial charge in [-0.15, -0.1) is 0 Å². The molecule has 0 radical (unpaired) electrons. The van der Waals surface area contributed by atoms with Crippen molar-refractivity contribution in [2.24, 2.45) is 5.84 Å². The number of piperazine rings is 1. The number of nitrogens with one attached hydrogen (secondary N) is 1. The molecular formula is C12H22N6. The number of nitrogen functional groups attached to an aromatic ring is 1. The summed E-state index contributed by atoms with van der Waals surface area (Å²) in [6.07, 6.45) is 0. The predicted molar refractivity (Wildman–Crippen MR) is 73.5 cm³/mol. The third-order valence-electron chi connectivity index (χ3n) is 3.34. The molecule has 1 aliphatic heterocycles. The van der Waals surface area contributed by atoms with Gasteiger partial charge in [0.05, 0.1) is 0 Å². The molecule has 3 N–H and O–H groups in total. The maximum absolute atomic E-state index is 5.41. The van der Waals surface area contributed by atoms with E-state index in [1.54, 1.807) is 0 Å². The van der Waals surface area contributed by atoms with Crippen molar-refractivity contribution in [3.63, 3.8) is 0 Å². The molecule has 0 amide bonds. The molecule has 1 saturated heterocycles. The number of hydrogen-bond acceptors (Lipinski definition) is 6. The molecule has 100 valence electrons. The minimum atomic E-state index is 0.612. The van der Waals surface area contributed by atoms with Crippen molar-refractivity contribution in [2.45, 2.75) is 26.8 Å². The van der Waals surface area contributed by atoms with Gasteiger partial charge in [0.15, 0.2) is 0 Å². The van der Waals surface area contributed by atoms with Crippen LogP contribution in [0.3, 0.4) is 0 Å². The molecule has 0 atom stereocenters. The molecule has 0 saturated carbocycles. The number of nitrogens with zero attached hydrogens (tertiary/aromatic N) is 4. The summed E-state index contributed by atoms with van der Waals surface area (Å²) in [4.78, 5) is 13.4. The topological polar surface area (TPSA) is 70.3 Å². The summed E-state index contributed by atoms with van der Waals surface area (Å²) in [5.74, 6) is 7.78. The van der Waals surface area contributed by atoms with Crippen molar-refractivity contribution in [3.8, 4) is 0 Å². The summed E-state index contributed by atoms with van der Waals surface area (Å²) >= 11 is 0. The molecule has 1 aromatic rings. The second-order valence-electron chi connectivity index (χ2n) is 4.92. The lowest BCUT2D eigenvalue weighted by molar-refractivity contribution is 0.209. The summed E-state index contributed by atoms with van der Waals surface area (Å²) < 4.78 is 0. The summed E-state index contributed by atoms with van der Waals surface area (Å²) in [6, 6.07) is 2.51. The maximum Gasteiger partial charge on any atom is 0.145 e. The van der Waals surface area contributed by atoms with E-state index in [0.717, 1.165) is 37.8 Å². The van der Waals surface area contributed by atoms with Crippen LogP contribution in [0.15, 0.2) is 6.07 Å². The fraction of sp³-hybridized carbons (Fsp3) is 0.667. The fourth-order valence-corrected chi connectivity index (χ4v) is 2.26. The molecule has 2 heterocycles. The molecule has 6 nitrogen and oxygen atoms in total. The number of rotatable bonds is 3. The van der Waals surface area contributed by atoms with E-state index in [9.17, 15) is 0 Å². The van der Waals surface area contributed by atoms with Crippen molar-refractivity contribution in [3.05, 3.63) is 11.9 Å². The first kappa shape index (κ1) is 13.0. The summed E-state index contributed by atoms with van der Waals surface area (Å²) in [7, 11) is 0. The highest BCUT2D eigenvalue weighted by Gasteiger charge is 2.20. The standard InChI is InChI=1S/C12H22N6/c1-9(2)17-4-6-18(7-5-17)12-8-11(16-13)14-10(3)15-12/h8-9H,4-7,13H2,1-3H3,(H,14,15,16). The number of hydrazine groups is 1. The lowest BCUT2D eigenvalue weighted by atomic mass is 10.2. The Kier molecular flexibility index (Phi) is 3.98. The van der Waals surface area contributed by atoms with E-state index < -0.39 is 0 Å². The van der Waals surface area contributed by atoms with Gasteiger partial charge in [0, 0.05) is 38.3 Å². The van der Waals surface area contributed by atoms with Gasteiger partial charge in [-0.1, -0.05) is 0 Å². The summed E-state index contributed by atoms with van der Waals surface area (Å²) in [6.45, 7) is 10.5. The lowest BCUT2D eigenvalue weighted by Gasteiger charge is -2.37. The molecular weight excluding hydrogens is 228 g/mol. The molecule has 1 fully saturated rings. The second kappa shape index (κ2) is 5.49. The monoisotopic (exact) mass is 250 g/mol. The zero-order valence-corrected chi connectivity index (χ0v) is 11.3. The van der Waals surface area contributed by atoms with Crippen LogP contribution in [0.4, 0.5) is 11.6 Å². The highest BCUT2D eigenvalue weighted by molar-refractivity contribution is 5.49. The van der Waals surface area contributed by atoms with Crippen LogP contribution in [-0.4, -0.2) is 47.1 Å². The van der Waals surface area contributed by atoms with E-state index in [0.29, 0.717) is 11.9 Å². The van der Waals surface area contributed by atoms with Gasteiger partial charge >= 0.3 is 0 Å². The first-order chi connectivity index (χ1) is 8.60. The van der Waals surface area contributed by atoms with Gasteiger partial charge in [-0.25, -0.2) is 15.8 Å². The van der Waals surface area contributed by atoms with Crippen molar-refractivity contribution in [1.29, 1.82) is 0 Å². The van der Waals surface area contributed by atoms with Crippen LogP contribution in [-0.2, 0) is 0 Å². The lowest BCUT2D eigenvalue weighted by Crippen LogP contribution is -2.49. The van der Waals surface area contributed by atoms with E-state index in [-0.39, 0.29) is 0 Å². The van der Waals surface area contributed by atoms with E-state index in [1.807, 2.05) is 13.0 Å². The SMILES string of the molecule is Cc1nc(NN)cc(N2CCN(C(C)C)CC2)n1. The average molecular weight is 250 g/mol. The number of aromatic nitrogens is 2. The molecule has 6 heteroatoms. The predicted octanol–water partition coefficient (Wildman–Crippen LogP) is 0.601. The minimum Gasteiger partial charge on any atom is -0.354 e. The van der Waals surface area contributed by atoms with Crippen molar-refractivity contribution in [2.75, 3.05) is 36.5 Å². The Morgan fingerprint density at radius 3 is 2.44 bits per heavy atom. The number of anilines is 2. The van der Waals surface area contributed by atoms with Gasteiger partial charge in [0.1, 0.15) is 17.5 Å². The van der Waals surface area contributed by atoms with Crippen LogP contribution in [0.2, 0.25) is 0 Å². The zero-order valence-electron chi connectivity index (χ0n) is 11.3. The molecule has 0 spiro atoms. The largest absolute Gasteiger partial charge is 0.354 e. The van der Waals surface area contributed by atoms with E-state index >= 15 is 0 Å². The van der Waals surface area contributed by atoms with E-state index in [2.05, 4.69) is 39.0 Å². The van der Waals surface area contributed by atoms with Crippen LogP contribution < -0.4 is 16.2 Å². The van der Waals surface area contributed by atoms with Crippen molar-refractivity contribution >= 4 is 11.6 Å². The van der Waals surface area contributed by atoms with Crippen LogP contribution in [0, 0.1) is 6.92 Å². The van der Waals surface area contributed by atoms with Crippen molar-refractivity contribution in [1.82, 2.24) is 14.9 Å². The second-order valence-corrected chi connectivity index (χ2v) is 4.92. The highest BCUT2D eigenvalue weighted by Crippen LogP contribution is 2.17. The average Bonchev–Trinajstić information content (AvgIpc) is 2.38. The van der Waals surface area contributed by atoms with Gasteiger partial charge < -0.3 is 10.3 Å². The van der Waals surface area contributed by atoms with Crippen LogP contribution in [0.1, 0.15) is 19.7 Å². The third-order valence-corrected chi connectivity index (χ3v) is 3.34. The molecule has 1 aliphatic rings. The first-order valence-corrected chi connectivity index (χ1v) is 6.41. The number of hydrogen-bond donors (Lipinski definition) is 2. The molecule has 2 rings (SSSR count). The van der Waals surface area contributed by atoms with Crippen molar-refractivity contribution < 1.29 is 0 Å². The Morgan fingerprint density at radius 1 is 1.22 bits per heavy atom. The molecule has 0 aliphatic carbocycles. The van der Waals surface area contributed by atoms with Gasteiger partial charge in [-0.2, -0.15) is 0 Å². The van der Waals surface area contributed by atoms with Gasteiger partial charge in [-0.05, 0) is 20.8 Å². The smallest absolute Gasteiger partial charge is 0.145 e. The van der Waals surface area contributed by atoms with Crippen LogP contribution in [0.5, 0.6) is 0 Å². The van der Waals surface area contributed by atoms with Gasteiger partial charge in [0.2, 0.25) is 0 Å². The Bertz CT molecular complexity index is 398. The molecule has 1 aromatic heterocycles. The fourth-order valence-electron chi connectivity index (χ4n) is 2.26. The summed E-state index contributed by atoms with van der Waals surface area (Å²) in [5, 5.41) is 0. The maximum atomic E-state index is 5.41. The molecule has 0 unspecified atom stereocenters. The number of aryl methyl sites for hydroxylation is 1. The normalized spacial score (nSPS) is 17.3. The first-order valence-electron chi connectivity index (χ1n) is 6.41. The van der Waals surface area contributed by atoms with E-state index in [4.69, 9.17) is 5.84 Å². The Morgan fingerprint density at radius 2 is 1.89 bits per heavy atom. The molecule has 18 heavy (non-hydrogen) atoms. The third kappa shape index (κ3) is 2.88. The number of nitrogens with two attached hydrogens (primary N) is 1. The zero-order chi connectivity index (χ0) is 13.1. The Hall–Kier alpha value is -1.40. The van der Waals surface area contributed by atoms with Crippen LogP contribution >= 0.6 is 0 Å². The van der Waals surface area contributed by atoms with Crippen LogP contribution in [0.25, 0.3) is 0 Å². The molecule has 0 bridgehead atoms. The molecule has 0 aromatic carbocycles. The van der Waals surface area contributed by atoms with Gasteiger partial charge in [0.25, 0.3) is 0 Å². The van der Waals surface area contributed by atoms with E-state index in [1.165, 1.54) is 0 Å².